The van der Waals surface area contributed by atoms with Crippen molar-refractivity contribution in [3.63, 3.8) is 0 Å². The topological polar surface area (TPSA) is 0 Å². The summed E-state index contributed by atoms with van der Waals surface area (Å²) in [5.74, 6) is 12.1. The van der Waals surface area contributed by atoms with Gasteiger partial charge in [0.25, 0.3) is 0 Å². The normalized spacial score (nSPS) is 14.0. The molecule has 3 aliphatic carbocycles. The first kappa shape index (κ1) is 96.3. The van der Waals surface area contributed by atoms with Gasteiger partial charge in [0.2, 0.25) is 0 Å². The van der Waals surface area contributed by atoms with E-state index in [1.807, 2.05) is 0 Å². The number of hydrogen-bond donors (Lipinski definition) is 0. The fourth-order valence-corrected chi connectivity index (χ4v) is 5.03. The van der Waals surface area contributed by atoms with E-state index in [-0.39, 0.29) is 0 Å². The monoisotopic (exact) mass is 1060 g/mol. The Hall–Kier alpha value is 0. The van der Waals surface area contributed by atoms with Crippen molar-refractivity contribution in [2.45, 2.75) is 397 Å². The van der Waals surface area contributed by atoms with E-state index in [0.717, 1.165) is 76.9 Å². The van der Waals surface area contributed by atoms with Gasteiger partial charge in [-0.2, -0.15) is 0 Å². The van der Waals surface area contributed by atoms with Gasteiger partial charge in [0, 0.05) is 0 Å². The molecule has 0 saturated heterocycles. The summed E-state index contributed by atoms with van der Waals surface area (Å²) in [5.41, 5.74) is 1.04. The van der Waals surface area contributed by atoms with Crippen LogP contribution in [0, 0.1) is 87.8 Å². The Morgan fingerprint density at radius 2 is 0.608 bits per heavy atom. The molecule has 0 nitrogen and oxygen atoms in total. The van der Waals surface area contributed by atoms with Crippen LogP contribution < -0.4 is 0 Å². The van der Waals surface area contributed by atoms with Crippen LogP contribution in [-0.4, -0.2) is 0 Å². The van der Waals surface area contributed by atoms with Gasteiger partial charge >= 0.3 is 0 Å². The van der Waals surface area contributed by atoms with Gasteiger partial charge in [0.05, 0.1) is 0 Å². The summed E-state index contributed by atoms with van der Waals surface area (Å²) >= 11 is 0. The van der Waals surface area contributed by atoms with Crippen molar-refractivity contribution in [3.8, 4) is 0 Å². The minimum Gasteiger partial charge on any atom is -0.0654 e. The van der Waals surface area contributed by atoms with E-state index in [1.165, 1.54) is 141 Å². The van der Waals surface area contributed by atoms with Crippen LogP contribution in [0.15, 0.2) is 0 Å². The SMILES string of the molecule is CC(C)(C)C.CC(C)C.CC(C)C(C)C.CC(C)CC(C)C.CC1CC1.CC1CCC1.CC1CCCC1.CCC(C)(C)C.CCC(C)C.CCC(C)CC.CCCC(C)C.CCCCC(C)C.CCC[C@H](C)CC. The van der Waals surface area contributed by atoms with E-state index >= 15 is 0 Å². The molecule has 3 aliphatic rings. The van der Waals surface area contributed by atoms with E-state index in [4.69, 9.17) is 0 Å². The molecule has 0 amide bonds. The van der Waals surface area contributed by atoms with E-state index in [1.54, 1.807) is 0 Å². The summed E-state index contributed by atoms with van der Waals surface area (Å²) in [7, 11) is 0. The standard InChI is InChI=1S/3C7H16.C6H12.4C6H14.C5H10.2C5H12.C4H8.C4H10/c1-6(2)5-7(3)4;1-4-5-6-7(2)3;1-4-6-7(3)5-2;1-6-4-2-3-5-6;1-5-6(2,3)4;1-5(2)6(3)4;1-4-5-6(2)3;1-4-6(3)5-2;1-5-3-2-4-5;1-5(2,3)4;1-4-5(2)3;1-4-2-3-4;1-4(2)3/h6-7H,5H2,1-4H3;2*7H,4-6H2,1-3H3;6H,2-5H2,1H3;5H2,1-4H3;5-6H,1-4H3;2*6H,4-5H2,1-3H3;5H,2-4H2,1H3;1-4H3;5H,4H2,1-3H3;4H,2-3H2,1H3;4H,1-3H3/t;;7-;;;;;;;;;;/m..1........../s1. The minimum absolute atomic E-state index is 0.500. The Balaban J connectivity index is -0.0000000752. The Labute approximate surface area is 482 Å². The molecular formula is C74H168. The fourth-order valence-electron chi connectivity index (χ4n) is 5.03. The average molecular weight is 1060 g/mol. The van der Waals surface area contributed by atoms with Crippen molar-refractivity contribution >= 4 is 0 Å². The summed E-state index contributed by atoms with van der Waals surface area (Å²) in [5, 5.41) is 0. The highest BCUT2D eigenvalue weighted by Gasteiger charge is 2.12. The van der Waals surface area contributed by atoms with Gasteiger partial charge in [-0.15, -0.1) is 0 Å². The van der Waals surface area contributed by atoms with Crippen molar-refractivity contribution in [2.75, 3.05) is 0 Å². The van der Waals surface area contributed by atoms with Crippen molar-refractivity contribution in [2.24, 2.45) is 87.8 Å². The lowest BCUT2D eigenvalue weighted by molar-refractivity contribution is 0.346. The third-order valence-corrected chi connectivity index (χ3v) is 12.9. The predicted octanol–water partition coefficient (Wildman–Crippen LogP) is 29.2. The summed E-state index contributed by atoms with van der Waals surface area (Å²) in [6.45, 7) is 82.8. The molecule has 1 atom stereocenters. The molecule has 3 rings (SSSR count). The van der Waals surface area contributed by atoms with Gasteiger partial charge in [-0.05, 0) is 94.2 Å². The molecule has 464 valence electrons. The molecule has 0 spiro atoms. The van der Waals surface area contributed by atoms with Gasteiger partial charge in [-0.25, -0.2) is 0 Å². The Morgan fingerprint density at radius 3 is 0.649 bits per heavy atom. The molecule has 3 saturated carbocycles. The molecule has 0 bridgehead atoms. The smallest absolute Gasteiger partial charge is 0.0385 e. The van der Waals surface area contributed by atoms with E-state index < -0.39 is 0 Å². The second-order valence-corrected chi connectivity index (χ2v) is 30.0. The van der Waals surface area contributed by atoms with E-state index in [0.29, 0.717) is 10.8 Å². The zero-order chi connectivity index (χ0) is 61.1. The molecule has 3 fully saturated rings. The Morgan fingerprint density at radius 1 is 0.338 bits per heavy atom. The van der Waals surface area contributed by atoms with Crippen molar-refractivity contribution in [3.05, 3.63) is 0 Å². The van der Waals surface area contributed by atoms with Crippen LogP contribution in [0.5, 0.6) is 0 Å². The van der Waals surface area contributed by atoms with Gasteiger partial charge in [-0.1, -0.05) is 391 Å². The van der Waals surface area contributed by atoms with Crippen LogP contribution in [0.4, 0.5) is 0 Å². The Bertz CT molecular complexity index is 826. The molecule has 74 heavy (non-hydrogen) atoms. The van der Waals surface area contributed by atoms with Crippen LogP contribution in [0.3, 0.4) is 0 Å². The fraction of sp³-hybridized carbons (Fsp3) is 1.00. The van der Waals surface area contributed by atoms with Crippen LogP contribution in [0.1, 0.15) is 397 Å². The van der Waals surface area contributed by atoms with E-state index in [9.17, 15) is 0 Å². The second-order valence-electron chi connectivity index (χ2n) is 30.0. The number of unbranched alkanes of at least 4 members (excludes halogenated alkanes) is 1. The van der Waals surface area contributed by atoms with Gasteiger partial charge in [0.1, 0.15) is 0 Å². The highest BCUT2D eigenvalue weighted by molar-refractivity contribution is 4.65. The second kappa shape index (κ2) is 71.0. The van der Waals surface area contributed by atoms with Crippen molar-refractivity contribution in [1.82, 2.24) is 0 Å². The largest absolute Gasteiger partial charge is 0.0654 e. The first-order chi connectivity index (χ1) is 33.7. The van der Waals surface area contributed by atoms with E-state index in [2.05, 4.69) is 256 Å². The van der Waals surface area contributed by atoms with Crippen LogP contribution >= 0.6 is 0 Å². The lowest BCUT2D eigenvalue weighted by Crippen LogP contribution is -2.04. The van der Waals surface area contributed by atoms with Gasteiger partial charge in [-0.3, -0.25) is 0 Å². The Kier molecular flexibility index (Phi) is 92.4. The predicted molar refractivity (Wildman–Crippen MR) is 362 cm³/mol. The quantitative estimate of drug-likeness (QED) is 0.163. The van der Waals surface area contributed by atoms with Crippen molar-refractivity contribution in [1.29, 1.82) is 0 Å². The average Bonchev–Trinajstić information content (AvgIpc) is 3.89. The molecule has 0 aromatic rings. The van der Waals surface area contributed by atoms with Crippen LogP contribution in [0.25, 0.3) is 0 Å². The summed E-state index contributed by atoms with van der Waals surface area (Å²) in [6, 6.07) is 0. The summed E-state index contributed by atoms with van der Waals surface area (Å²) < 4.78 is 0. The highest BCUT2D eigenvalue weighted by Crippen LogP contribution is 2.27. The first-order valence-electron chi connectivity index (χ1n) is 33.7. The van der Waals surface area contributed by atoms with Crippen molar-refractivity contribution < 1.29 is 0 Å². The van der Waals surface area contributed by atoms with Gasteiger partial charge in [0.15, 0.2) is 0 Å². The lowest BCUT2D eigenvalue weighted by Gasteiger charge is -2.18. The third-order valence-electron chi connectivity index (χ3n) is 12.9. The zero-order valence-electron chi connectivity index (χ0n) is 61.1. The van der Waals surface area contributed by atoms with Gasteiger partial charge < -0.3 is 0 Å². The highest BCUT2D eigenvalue weighted by atomic mass is 14.2. The molecule has 0 heteroatoms. The molecule has 0 aliphatic heterocycles. The minimum atomic E-state index is 0.500. The first-order valence-corrected chi connectivity index (χ1v) is 33.7. The molecular weight excluding hydrogens is 889 g/mol. The lowest BCUT2D eigenvalue weighted by atomic mass is 9.88. The molecule has 0 aromatic carbocycles. The number of hydrogen-bond acceptors (Lipinski definition) is 0. The third kappa shape index (κ3) is 179. The molecule has 0 heterocycles. The summed E-state index contributed by atoms with van der Waals surface area (Å²) in [4.78, 5) is 0. The maximum Gasteiger partial charge on any atom is -0.0385 e. The summed E-state index contributed by atoms with van der Waals surface area (Å²) in [6.07, 6.45) is 30.9. The molecule has 0 N–H and O–H groups in total. The molecule has 0 unspecified atom stereocenters. The maximum absolute atomic E-state index is 2.34. The number of rotatable bonds is 14. The molecule has 0 aromatic heterocycles. The maximum atomic E-state index is 2.34. The van der Waals surface area contributed by atoms with Crippen LogP contribution in [0.2, 0.25) is 0 Å². The molecule has 0 radical (unpaired) electrons. The van der Waals surface area contributed by atoms with Crippen LogP contribution in [-0.2, 0) is 0 Å². The zero-order valence-corrected chi connectivity index (χ0v) is 61.1.